The van der Waals surface area contributed by atoms with Gasteiger partial charge in [-0.2, -0.15) is 11.8 Å². The SMILES string of the molecule is COC(=O)CC(C)SCc1ccc(C(=O)OC)cc1. The van der Waals surface area contributed by atoms with E-state index in [2.05, 4.69) is 9.47 Å². The topological polar surface area (TPSA) is 52.6 Å². The van der Waals surface area contributed by atoms with Crippen LogP contribution in [-0.4, -0.2) is 31.4 Å². The quantitative estimate of drug-likeness (QED) is 0.751. The molecule has 0 aliphatic rings. The van der Waals surface area contributed by atoms with E-state index < -0.39 is 0 Å². The Hall–Kier alpha value is -1.49. The molecule has 19 heavy (non-hydrogen) atoms. The monoisotopic (exact) mass is 282 g/mol. The van der Waals surface area contributed by atoms with Gasteiger partial charge < -0.3 is 9.47 Å². The minimum absolute atomic E-state index is 0.193. The Morgan fingerprint density at radius 3 is 2.32 bits per heavy atom. The summed E-state index contributed by atoms with van der Waals surface area (Å²) in [5, 5.41) is 0.202. The molecule has 0 aromatic heterocycles. The smallest absolute Gasteiger partial charge is 0.337 e. The maximum atomic E-state index is 11.3. The summed E-state index contributed by atoms with van der Waals surface area (Å²) in [5.41, 5.74) is 1.65. The molecule has 0 N–H and O–H groups in total. The molecule has 0 aliphatic carbocycles. The van der Waals surface area contributed by atoms with Crippen molar-refractivity contribution in [1.82, 2.24) is 0 Å². The van der Waals surface area contributed by atoms with Gasteiger partial charge in [0.25, 0.3) is 0 Å². The average Bonchev–Trinajstić information content (AvgIpc) is 2.44. The highest BCUT2D eigenvalue weighted by Crippen LogP contribution is 2.20. The van der Waals surface area contributed by atoms with Crippen molar-refractivity contribution in [2.45, 2.75) is 24.3 Å². The maximum Gasteiger partial charge on any atom is 0.337 e. The molecule has 1 atom stereocenters. The van der Waals surface area contributed by atoms with Gasteiger partial charge in [0.15, 0.2) is 0 Å². The Labute approximate surface area is 117 Å². The molecule has 0 bridgehead atoms. The molecule has 1 aromatic rings. The second-order valence-electron chi connectivity index (χ2n) is 4.09. The number of esters is 2. The molecule has 1 unspecified atom stereocenters. The largest absolute Gasteiger partial charge is 0.469 e. The van der Waals surface area contributed by atoms with E-state index in [9.17, 15) is 9.59 Å². The van der Waals surface area contributed by atoms with Gasteiger partial charge >= 0.3 is 11.9 Å². The summed E-state index contributed by atoms with van der Waals surface area (Å²) < 4.78 is 9.26. The first kappa shape index (κ1) is 15.6. The molecule has 0 spiro atoms. The minimum atomic E-state index is -0.335. The third kappa shape index (κ3) is 5.34. The molecule has 4 nitrogen and oxygen atoms in total. The zero-order valence-corrected chi connectivity index (χ0v) is 12.2. The van der Waals surface area contributed by atoms with Crippen LogP contribution in [0.4, 0.5) is 0 Å². The van der Waals surface area contributed by atoms with Gasteiger partial charge in [-0.15, -0.1) is 0 Å². The van der Waals surface area contributed by atoms with Gasteiger partial charge in [0, 0.05) is 11.0 Å². The number of carbonyl (C=O) groups is 2. The number of benzene rings is 1. The van der Waals surface area contributed by atoms with Crippen LogP contribution < -0.4 is 0 Å². The summed E-state index contributed by atoms with van der Waals surface area (Å²) >= 11 is 1.68. The number of thioether (sulfide) groups is 1. The lowest BCUT2D eigenvalue weighted by atomic mass is 10.1. The van der Waals surface area contributed by atoms with Crippen LogP contribution in [0.1, 0.15) is 29.3 Å². The molecule has 0 fully saturated rings. The van der Waals surface area contributed by atoms with Crippen molar-refractivity contribution in [2.24, 2.45) is 0 Å². The van der Waals surface area contributed by atoms with E-state index in [-0.39, 0.29) is 17.2 Å². The molecule has 1 aromatic carbocycles. The van der Waals surface area contributed by atoms with E-state index in [0.717, 1.165) is 11.3 Å². The summed E-state index contributed by atoms with van der Waals surface area (Å²) in [6.45, 7) is 1.99. The van der Waals surface area contributed by atoms with Gasteiger partial charge in [-0.1, -0.05) is 19.1 Å². The van der Waals surface area contributed by atoms with Crippen molar-refractivity contribution in [3.8, 4) is 0 Å². The van der Waals surface area contributed by atoms with Gasteiger partial charge in [-0.3, -0.25) is 4.79 Å². The van der Waals surface area contributed by atoms with E-state index in [1.807, 2.05) is 19.1 Å². The molecule has 0 radical (unpaired) electrons. The van der Waals surface area contributed by atoms with E-state index in [1.54, 1.807) is 23.9 Å². The van der Waals surface area contributed by atoms with Crippen LogP contribution in [0.5, 0.6) is 0 Å². The van der Waals surface area contributed by atoms with Crippen LogP contribution >= 0.6 is 11.8 Å². The van der Waals surface area contributed by atoms with Gasteiger partial charge in [0.2, 0.25) is 0 Å². The van der Waals surface area contributed by atoms with Gasteiger partial charge in [-0.05, 0) is 17.7 Å². The van der Waals surface area contributed by atoms with Crippen molar-refractivity contribution in [3.05, 3.63) is 35.4 Å². The third-order valence-corrected chi connectivity index (χ3v) is 3.83. The highest BCUT2D eigenvalue weighted by atomic mass is 32.2. The van der Waals surface area contributed by atoms with Crippen LogP contribution in [0.15, 0.2) is 24.3 Å². The van der Waals surface area contributed by atoms with Crippen LogP contribution in [-0.2, 0) is 20.0 Å². The fourth-order valence-electron chi connectivity index (χ4n) is 1.47. The molecule has 104 valence electrons. The lowest BCUT2D eigenvalue weighted by Gasteiger charge is -2.09. The maximum absolute atomic E-state index is 11.3. The van der Waals surface area contributed by atoms with Crippen molar-refractivity contribution in [1.29, 1.82) is 0 Å². The predicted octanol–water partition coefficient (Wildman–Crippen LogP) is 2.66. The first-order chi connectivity index (χ1) is 9.06. The first-order valence-electron chi connectivity index (χ1n) is 5.92. The molecular weight excluding hydrogens is 264 g/mol. The van der Waals surface area contributed by atoms with Crippen molar-refractivity contribution < 1.29 is 19.1 Å². The molecule has 0 aliphatic heterocycles. The Balaban J connectivity index is 2.45. The number of hydrogen-bond donors (Lipinski definition) is 0. The lowest BCUT2D eigenvalue weighted by molar-refractivity contribution is -0.140. The van der Waals surface area contributed by atoms with Crippen molar-refractivity contribution in [3.63, 3.8) is 0 Å². The van der Waals surface area contributed by atoms with E-state index in [1.165, 1.54) is 14.2 Å². The van der Waals surface area contributed by atoms with Gasteiger partial charge in [0.05, 0.1) is 26.2 Å². The van der Waals surface area contributed by atoms with Crippen molar-refractivity contribution in [2.75, 3.05) is 14.2 Å². The Morgan fingerprint density at radius 1 is 1.16 bits per heavy atom. The normalized spacial score (nSPS) is 11.7. The number of ether oxygens (including phenoxy) is 2. The fourth-order valence-corrected chi connectivity index (χ4v) is 2.39. The number of rotatable bonds is 6. The molecular formula is C14H18O4S. The number of carbonyl (C=O) groups excluding carboxylic acids is 2. The second-order valence-corrected chi connectivity index (χ2v) is 5.52. The van der Waals surface area contributed by atoms with Crippen LogP contribution in [0.25, 0.3) is 0 Å². The summed E-state index contributed by atoms with van der Waals surface area (Å²) in [7, 11) is 2.76. The Kier molecular flexibility index (Phi) is 6.42. The minimum Gasteiger partial charge on any atom is -0.469 e. The average molecular weight is 282 g/mol. The third-order valence-electron chi connectivity index (χ3n) is 2.59. The number of hydrogen-bond acceptors (Lipinski definition) is 5. The molecule has 1 rings (SSSR count). The van der Waals surface area contributed by atoms with E-state index in [0.29, 0.717) is 12.0 Å². The zero-order chi connectivity index (χ0) is 14.3. The van der Waals surface area contributed by atoms with Crippen LogP contribution in [0, 0.1) is 0 Å². The molecule has 0 heterocycles. The second kappa shape index (κ2) is 7.84. The van der Waals surface area contributed by atoms with E-state index in [4.69, 9.17) is 0 Å². The van der Waals surface area contributed by atoms with Crippen molar-refractivity contribution >= 4 is 23.7 Å². The first-order valence-corrected chi connectivity index (χ1v) is 6.97. The Morgan fingerprint density at radius 2 is 1.79 bits per heavy atom. The molecule has 0 amide bonds. The fraction of sp³-hybridized carbons (Fsp3) is 0.429. The standard InChI is InChI=1S/C14H18O4S/c1-10(8-13(15)17-2)19-9-11-4-6-12(7-5-11)14(16)18-3/h4-7,10H,8-9H2,1-3H3. The summed E-state index contributed by atoms with van der Waals surface area (Å²) in [6.07, 6.45) is 0.404. The molecule has 5 heteroatoms. The van der Waals surface area contributed by atoms with Crippen LogP contribution in [0.2, 0.25) is 0 Å². The highest BCUT2D eigenvalue weighted by molar-refractivity contribution is 7.99. The molecule has 0 saturated heterocycles. The lowest BCUT2D eigenvalue weighted by Crippen LogP contribution is -2.08. The highest BCUT2D eigenvalue weighted by Gasteiger charge is 2.10. The molecule has 0 saturated carbocycles. The van der Waals surface area contributed by atoms with E-state index >= 15 is 0 Å². The van der Waals surface area contributed by atoms with Crippen LogP contribution in [0.3, 0.4) is 0 Å². The summed E-state index contributed by atoms with van der Waals surface area (Å²) in [6, 6.07) is 7.27. The zero-order valence-electron chi connectivity index (χ0n) is 11.3. The predicted molar refractivity (Wildman–Crippen MR) is 75.2 cm³/mol. The van der Waals surface area contributed by atoms with Gasteiger partial charge in [0.1, 0.15) is 0 Å². The van der Waals surface area contributed by atoms with Gasteiger partial charge in [-0.25, -0.2) is 4.79 Å². The number of methoxy groups -OCH3 is 2. The Bertz CT molecular complexity index is 428. The summed E-state index contributed by atoms with van der Waals surface area (Å²) in [5.74, 6) is 0.263. The summed E-state index contributed by atoms with van der Waals surface area (Å²) in [4.78, 5) is 22.4.